The van der Waals surface area contributed by atoms with Gasteiger partial charge in [-0.05, 0) is 18.4 Å². The highest BCUT2D eigenvalue weighted by Crippen LogP contribution is 2.09. The third-order valence-corrected chi connectivity index (χ3v) is 2.16. The van der Waals surface area contributed by atoms with Crippen molar-refractivity contribution in [3.63, 3.8) is 0 Å². The van der Waals surface area contributed by atoms with Crippen LogP contribution in [0.2, 0.25) is 0 Å². The predicted octanol–water partition coefficient (Wildman–Crippen LogP) is 1.14. The van der Waals surface area contributed by atoms with Gasteiger partial charge in [0, 0.05) is 4.88 Å². The molecule has 0 aliphatic rings. The van der Waals surface area contributed by atoms with Crippen LogP contribution in [-0.4, -0.2) is 12.0 Å². The summed E-state index contributed by atoms with van der Waals surface area (Å²) >= 11 is 1.56. The first-order valence-electron chi connectivity index (χ1n) is 3.65. The van der Waals surface area contributed by atoms with Gasteiger partial charge in [0.15, 0.2) is 0 Å². The van der Waals surface area contributed by atoms with Crippen LogP contribution in [-0.2, 0) is 16.1 Å². The molecule has 0 saturated heterocycles. The first-order chi connectivity index (χ1) is 5.70. The Morgan fingerprint density at radius 1 is 1.83 bits per heavy atom. The Bertz CT molecular complexity index is 244. The number of esters is 1. The summed E-state index contributed by atoms with van der Waals surface area (Å²) in [7, 11) is 0. The zero-order valence-electron chi connectivity index (χ0n) is 6.82. The Morgan fingerprint density at radius 2 is 2.58 bits per heavy atom. The second kappa shape index (κ2) is 4.23. The predicted molar refractivity (Wildman–Crippen MR) is 47.8 cm³/mol. The van der Waals surface area contributed by atoms with E-state index in [9.17, 15) is 4.79 Å². The van der Waals surface area contributed by atoms with Gasteiger partial charge < -0.3 is 10.5 Å². The number of carbonyl (C=O) groups excluding carboxylic acids is 1. The Morgan fingerprint density at radius 3 is 3.08 bits per heavy atom. The van der Waals surface area contributed by atoms with Crippen molar-refractivity contribution >= 4 is 17.3 Å². The monoisotopic (exact) mass is 185 g/mol. The van der Waals surface area contributed by atoms with E-state index in [1.807, 2.05) is 17.5 Å². The molecule has 0 radical (unpaired) electrons. The van der Waals surface area contributed by atoms with Crippen LogP contribution >= 0.6 is 11.3 Å². The van der Waals surface area contributed by atoms with Crippen LogP contribution in [0.25, 0.3) is 0 Å². The van der Waals surface area contributed by atoms with Crippen molar-refractivity contribution in [1.82, 2.24) is 0 Å². The van der Waals surface area contributed by atoms with E-state index in [1.54, 1.807) is 18.3 Å². The van der Waals surface area contributed by atoms with Gasteiger partial charge in [-0.1, -0.05) is 6.07 Å². The van der Waals surface area contributed by atoms with E-state index in [-0.39, 0.29) is 5.97 Å². The maximum absolute atomic E-state index is 10.9. The fourth-order valence-corrected chi connectivity index (χ4v) is 1.28. The van der Waals surface area contributed by atoms with Gasteiger partial charge in [0.1, 0.15) is 12.6 Å². The van der Waals surface area contributed by atoms with E-state index >= 15 is 0 Å². The molecular formula is C8H11NO2S. The zero-order chi connectivity index (χ0) is 8.97. The summed E-state index contributed by atoms with van der Waals surface area (Å²) in [5, 5.41) is 1.94. The largest absolute Gasteiger partial charge is 0.459 e. The van der Waals surface area contributed by atoms with E-state index < -0.39 is 6.04 Å². The molecule has 0 amide bonds. The van der Waals surface area contributed by atoms with Crippen molar-refractivity contribution in [3.05, 3.63) is 22.4 Å². The van der Waals surface area contributed by atoms with Gasteiger partial charge in [-0.25, -0.2) is 0 Å². The first kappa shape index (κ1) is 9.22. The van der Waals surface area contributed by atoms with Gasteiger partial charge in [0.25, 0.3) is 0 Å². The SMILES string of the molecule is C[C@@H](N)C(=O)OCc1cccs1. The number of ether oxygens (including phenoxy) is 1. The molecule has 0 unspecified atom stereocenters. The molecule has 0 fully saturated rings. The third-order valence-electron chi connectivity index (χ3n) is 1.31. The summed E-state index contributed by atoms with van der Waals surface area (Å²) in [6.07, 6.45) is 0. The Hall–Kier alpha value is -0.870. The standard InChI is InChI=1S/C8H11NO2S/c1-6(9)8(10)11-5-7-3-2-4-12-7/h2-4,6H,5,9H2,1H3/t6-/m1/s1. The van der Waals surface area contributed by atoms with Crippen LogP contribution in [0.15, 0.2) is 17.5 Å². The second-order valence-corrected chi connectivity index (χ2v) is 3.51. The topological polar surface area (TPSA) is 52.3 Å². The summed E-state index contributed by atoms with van der Waals surface area (Å²) in [6, 6.07) is 3.30. The minimum absolute atomic E-state index is 0.331. The molecule has 2 N–H and O–H groups in total. The van der Waals surface area contributed by atoms with Crippen LogP contribution in [0, 0.1) is 0 Å². The molecule has 0 bridgehead atoms. The molecule has 1 atom stereocenters. The molecule has 0 aliphatic carbocycles. The fraction of sp³-hybridized carbons (Fsp3) is 0.375. The van der Waals surface area contributed by atoms with Gasteiger partial charge in [0.2, 0.25) is 0 Å². The van der Waals surface area contributed by atoms with Gasteiger partial charge in [-0.2, -0.15) is 0 Å². The van der Waals surface area contributed by atoms with Crippen LogP contribution in [0.5, 0.6) is 0 Å². The number of carbonyl (C=O) groups is 1. The van der Waals surface area contributed by atoms with E-state index in [4.69, 9.17) is 10.5 Å². The molecule has 66 valence electrons. The van der Waals surface area contributed by atoms with Crippen LogP contribution < -0.4 is 5.73 Å². The molecule has 0 aromatic carbocycles. The fourth-order valence-electron chi connectivity index (χ4n) is 0.668. The van der Waals surface area contributed by atoms with E-state index in [2.05, 4.69) is 0 Å². The van der Waals surface area contributed by atoms with Crippen LogP contribution in [0.4, 0.5) is 0 Å². The number of hydrogen-bond acceptors (Lipinski definition) is 4. The number of rotatable bonds is 3. The molecular weight excluding hydrogens is 174 g/mol. The summed E-state index contributed by atoms with van der Waals surface area (Å²) in [6.45, 7) is 1.94. The smallest absolute Gasteiger partial charge is 0.322 e. The summed E-state index contributed by atoms with van der Waals surface area (Å²) < 4.78 is 4.89. The van der Waals surface area contributed by atoms with Crippen LogP contribution in [0.3, 0.4) is 0 Å². The lowest BCUT2D eigenvalue weighted by molar-refractivity contribution is -0.145. The average molecular weight is 185 g/mol. The minimum atomic E-state index is -0.537. The summed E-state index contributed by atoms with van der Waals surface area (Å²) in [5.74, 6) is -0.358. The van der Waals surface area contributed by atoms with Crippen molar-refractivity contribution in [2.45, 2.75) is 19.6 Å². The molecule has 1 aromatic rings. The highest BCUT2D eigenvalue weighted by molar-refractivity contribution is 7.09. The van der Waals surface area contributed by atoms with Gasteiger partial charge >= 0.3 is 5.97 Å². The maximum Gasteiger partial charge on any atom is 0.322 e. The summed E-state index contributed by atoms with van der Waals surface area (Å²) in [5.41, 5.74) is 5.30. The lowest BCUT2D eigenvalue weighted by Crippen LogP contribution is -2.28. The van der Waals surface area contributed by atoms with E-state index in [0.717, 1.165) is 4.88 Å². The lowest BCUT2D eigenvalue weighted by Gasteiger charge is -2.04. The van der Waals surface area contributed by atoms with Gasteiger partial charge in [-0.3, -0.25) is 4.79 Å². The number of hydrogen-bond donors (Lipinski definition) is 1. The molecule has 0 aliphatic heterocycles. The number of nitrogens with two attached hydrogens (primary N) is 1. The Kier molecular flexibility index (Phi) is 3.25. The van der Waals surface area contributed by atoms with Crippen LogP contribution in [0.1, 0.15) is 11.8 Å². The van der Waals surface area contributed by atoms with Crippen molar-refractivity contribution in [2.24, 2.45) is 5.73 Å². The number of thiophene rings is 1. The molecule has 0 saturated carbocycles. The highest BCUT2D eigenvalue weighted by Gasteiger charge is 2.08. The van der Waals surface area contributed by atoms with Gasteiger partial charge in [-0.15, -0.1) is 11.3 Å². The van der Waals surface area contributed by atoms with E-state index in [1.165, 1.54) is 0 Å². The van der Waals surface area contributed by atoms with Crippen molar-refractivity contribution < 1.29 is 9.53 Å². The Balaban J connectivity index is 2.32. The highest BCUT2D eigenvalue weighted by atomic mass is 32.1. The molecule has 0 spiro atoms. The van der Waals surface area contributed by atoms with Crippen molar-refractivity contribution in [3.8, 4) is 0 Å². The molecule has 1 rings (SSSR count). The second-order valence-electron chi connectivity index (χ2n) is 2.48. The zero-order valence-corrected chi connectivity index (χ0v) is 7.64. The molecule has 1 heterocycles. The lowest BCUT2D eigenvalue weighted by atomic mass is 10.4. The minimum Gasteiger partial charge on any atom is -0.459 e. The van der Waals surface area contributed by atoms with E-state index in [0.29, 0.717) is 6.61 Å². The Labute approximate surface area is 75.1 Å². The van der Waals surface area contributed by atoms with Crippen molar-refractivity contribution in [2.75, 3.05) is 0 Å². The molecule has 4 heteroatoms. The normalized spacial score (nSPS) is 12.5. The van der Waals surface area contributed by atoms with Crippen molar-refractivity contribution in [1.29, 1.82) is 0 Å². The summed E-state index contributed by atoms with van der Waals surface area (Å²) in [4.78, 5) is 11.9. The maximum atomic E-state index is 10.9. The molecule has 12 heavy (non-hydrogen) atoms. The first-order valence-corrected chi connectivity index (χ1v) is 4.52. The quantitative estimate of drug-likeness (QED) is 0.718. The van der Waals surface area contributed by atoms with Gasteiger partial charge in [0.05, 0.1) is 0 Å². The molecule has 3 nitrogen and oxygen atoms in total. The average Bonchev–Trinajstić information content (AvgIpc) is 2.51. The molecule has 1 aromatic heterocycles. The third kappa shape index (κ3) is 2.64.